The van der Waals surface area contributed by atoms with Crippen LogP contribution in [0.15, 0.2) is 41.6 Å². The second-order valence-corrected chi connectivity index (χ2v) is 9.20. The Morgan fingerprint density at radius 3 is 2.45 bits per heavy atom. The average molecular weight is 490 g/mol. The van der Waals surface area contributed by atoms with Gasteiger partial charge in [0.1, 0.15) is 0 Å². The van der Waals surface area contributed by atoms with E-state index in [1.165, 1.54) is 18.2 Å². The summed E-state index contributed by atoms with van der Waals surface area (Å²) in [5, 5.41) is 3.91. The second kappa shape index (κ2) is 9.43. The molecule has 1 atom stereocenters. The number of hydrogen-bond donors (Lipinski definition) is 0. The second-order valence-electron chi connectivity index (χ2n) is 7.34. The molecule has 1 aliphatic rings. The summed E-state index contributed by atoms with van der Waals surface area (Å²) in [5.41, 5.74) is -1.04. The van der Waals surface area contributed by atoms with Crippen molar-refractivity contribution < 1.29 is 22.8 Å². The highest BCUT2D eigenvalue weighted by molar-refractivity contribution is 7.98. The first-order valence-electron chi connectivity index (χ1n) is 9.49. The van der Waals surface area contributed by atoms with Crippen LogP contribution in [0.4, 0.5) is 13.2 Å². The monoisotopic (exact) mass is 489 g/mol. The Balaban J connectivity index is 1.88. The molecule has 1 heterocycles. The molecule has 3 rings (SSSR count). The Morgan fingerprint density at radius 1 is 1.19 bits per heavy atom. The van der Waals surface area contributed by atoms with E-state index in [2.05, 4.69) is 5.16 Å². The smallest absolute Gasteiger partial charge is 0.374 e. The number of alkyl halides is 3. The highest BCUT2D eigenvalue weighted by Gasteiger charge is 2.62. The number of aryl methyl sites for hydroxylation is 1. The van der Waals surface area contributed by atoms with E-state index < -0.39 is 18.2 Å². The number of nitrogens with zero attached hydrogens (tertiary/aromatic N) is 1. The summed E-state index contributed by atoms with van der Waals surface area (Å²) >= 11 is 13.5. The summed E-state index contributed by atoms with van der Waals surface area (Å²) in [5.74, 6) is 0.908. The van der Waals surface area contributed by atoms with Gasteiger partial charge in [-0.25, -0.2) is 0 Å². The van der Waals surface area contributed by atoms with Gasteiger partial charge in [-0.15, -0.1) is 0 Å². The number of Topliss-reactive ketones (excluding diaryl/α,β-unsaturated/α-hetero) is 1. The van der Waals surface area contributed by atoms with Gasteiger partial charge < -0.3 is 4.84 Å². The summed E-state index contributed by atoms with van der Waals surface area (Å²) in [7, 11) is 0. The van der Waals surface area contributed by atoms with Crippen LogP contribution in [0.3, 0.4) is 0 Å². The minimum atomic E-state index is -4.76. The van der Waals surface area contributed by atoms with Crippen molar-refractivity contribution >= 4 is 46.5 Å². The van der Waals surface area contributed by atoms with Gasteiger partial charge in [0.15, 0.2) is 5.78 Å². The lowest BCUT2D eigenvalue weighted by Gasteiger charge is -2.29. The number of oxime groups is 1. The van der Waals surface area contributed by atoms with Crippen LogP contribution in [0.2, 0.25) is 10.0 Å². The maximum atomic E-state index is 14.1. The Kier molecular flexibility index (Phi) is 7.28. The van der Waals surface area contributed by atoms with Crippen LogP contribution < -0.4 is 0 Å². The third kappa shape index (κ3) is 5.04. The molecule has 0 N–H and O–H groups in total. The van der Waals surface area contributed by atoms with Crippen LogP contribution in [0, 0.1) is 6.92 Å². The van der Waals surface area contributed by atoms with Crippen LogP contribution in [0.5, 0.6) is 0 Å². The summed E-state index contributed by atoms with van der Waals surface area (Å²) < 4.78 is 42.4. The molecule has 166 valence electrons. The quantitative estimate of drug-likeness (QED) is 0.304. The van der Waals surface area contributed by atoms with E-state index in [9.17, 15) is 18.0 Å². The number of halogens is 5. The molecule has 9 heteroatoms. The molecule has 2 aromatic carbocycles. The van der Waals surface area contributed by atoms with Gasteiger partial charge in [0.25, 0.3) is 5.60 Å². The topological polar surface area (TPSA) is 38.7 Å². The number of carbonyl (C=O) groups is 1. The van der Waals surface area contributed by atoms with Gasteiger partial charge >= 0.3 is 6.18 Å². The van der Waals surface area contributed by atoms with Gasteiger partial charge in [0.2, 0.25) is 0 Å². The molecule has 2 aromatic rings. The van der Waals surface area contributed by atoms with Crippen LogP contribution in [-0.4, -0.2) is 29.7 Å². The molecule has 0 amide bonds. The van der Waals surface area contributed by atoms with Crippen molar-refractivity contribution in [1.82, 2.24) is 0 Å². The van der Waals surface area contributed by atoms with Crippen LogP contribution in [0.25, 0.3) is 0 Å². The SMILES string of the molecule is CSCCCC(=O)c1ccc(C2=NOC(c3cc(Cl)cc(Cl)c3)(C(F)(F)F)C2)cc1C. The van der Waals surface area contributed by atoms with Crippen molar-refractivity contribution in [2.24, 2.45) is 5.16 Å². The van der Waals surface area contributed by atoms with E-state index in [-0.39, 0.29) is 27.1 Å². The fraction of sp³-hybridized carbons (Fsp3) is 0.364. The van der Waals surface area contributed by atoms with E-state index in [1.54, 1.807) is 36.9 Å². The molecule has 0 bridgehead atoms. The molecular formula is C22H20Cl2F3NO2S. The number of thioether (sulfide) groups is 1. The molecule has 0 saturated heterocycles. The van der Waals surface area contributed by atoms with Gasteiger partial charge in [-0.1, -0.05) is 40.5 Å². The van der Waals surface area contributed by atoms with Crippen molar-refractivity contribution in [3.05, 3.63) is 68.7 Å². The van der Waals surface area contributed by atoms with E-state index in [0.29, 0.717) is 23.1 Å². The molecule has 0 saturated carbocycles. The zero-order valence-electron chi connectivity index (χ0n) is 16.9. The number of hydrogen-bond acceptors (Lipinski definition) is 4. The maximum absolute atomic E-state index is 14.1. The van der Waals surface area contributed by atoms with E-state index in [4.69, 9.17) is 28.0 Å². The predicted molar refractivity (Wildman–Crippen MR) is 120 cm³/mol. The van der Waals surface area contributed by atoms with Crippen LogP contribution in [0.1, 0.15) is 46.3 Å². The number of benzene rings is 2. The van der Waals surface area contributed by atoms with E-state index >= 15 is 0 Å². The number of carbonyl (C=O) groups excluding carboxylic acids is 1. The minimum absolute atomic E-state index is 0.0147. The Labute approximate surface area is 192 Å². The summed E-state index contributed by atoms with van der Waals surface area (Å²) in [6, 6.07) is 8.63. The van der Waals surface area contributed by atoms with Crippen molar-refractivity contribution in [2.45, 2.75) is 38.0 Å². The summed E-state index contributed by atoms with van der Waals surface area (Å²) in [6.07, 6.45) is -2.11. The van der Waals surface area contributed by atoms with Crippen molar-refractivity contribution in [1.29, 1.82) is 0 Å². The fourth-order valence-electron chi connectivity index (χ4n) is 3.51. The van der Waals surface area contributed by atoms with Crippen molar-refractivity contribution in [2.75, 3.05) is 12.0 Å². The average Bonchev–Trinajstić information content (AvgIpc) is 3.14. The van der Waals surface area contributed by atoms with Gasteiger partial charge in [-0.2, -0.15) is 24.9 Å². The molecule has 1 unspecified atom stereocenters. The number of ketones is 1. The lowest BCUT2D eigenvalue weighted by atomic mass is 9.86. The normalized spacial score (nSPS) is 18.6. The van der Waals surface area contributed by atoms with Gasteiger partial charge in [-0.05, 0) is 60.7 Å². The first-order chi connectivity index (χ1) is 14.6. The molecule has 0 aliphatic carbocycles. The largest absolute Gasteiger partial charge is 0.435 e. The molecular weight excluding hydrogens is 470 g/mol. The van der Waals surface area contributed by atoms with Crippen LogP contribution >= 0.6 is 35.0 Å². The summed E-state index contributed by atoms with van der Waals surface area (Å²) in [6.45, 7) is 1.76. The molecule has 3 nitrogen and oxygen atoms in total. The lowest BCUT2D eigenvalue weighted by molar-refractivity contribution is -0.275. The standard InChI is InChI=1S/C22H20Cl2F3NO2S/c1-13-8-14(5-6-18(13)20(29)4-3-7-31-2)19-12-21(30-28-19,22(25,26)27)15-9-16(23)11-17(24)10-15/h5-6,8-11H,3-4,7,12H2,1-2H3. The first-order valence-corrected chi connectivity index (χ1v) is 11.6. The van der Waals surface area contributed by atoms with Crippen molar-refractivity contribution in [3.8, 4) is 0 Å². The third-order valence-electron chi connectivity index (χ3n) is 5.13. The molecule has 0 aromatic heterocycles. The minimum Gasteiger partial charge on any atom is -0.374 e. The van der Waals surface area contributed by atoms with E-state index in [0.717, 1.165) is 12.2 Å². The molecule has 0 fully saturated rings. The third-order valence-corrected chi connectivity index (χ3v) is 6.26. The molecule has 31 heavy (non-hydrogen) atoms. The molecule has 1 aliphatic heterocycles. The Morgan fingerprint density at radius 2 is 1.87 bits per heavy atom. The molecule has 0 spiro atoms. The number of rotatable bonds is 7. The fourth-order valence-corrected chi connectivity index (χ4v) is 4.47. The molecule has 0 radical (unpaired) electrons. The first kappa shape index (κ1) is 24.0. The Bertz CT molecular complexity index is 1010. The highest BCUT2D eigenvalue weighted by Crippen LogP contribution is 2.49. The van der Waals surface area contributed by atoms with Crippen molar-refractivity contribution in [3.63, 3.8) is 0 Å². The van der Waals surface area contributed by atoms with Crippen LogP contribution in [-0.2, 0) is 10.4 Å². The predicted octanol–water partition coefficient (Wildman–Crippen LogP) is 7.21. The maximum Gasteiger partial charge on any atom is 0.435 e. The lowest BCUT2D eigenvalue weighted by Crippen LogP contribution is -2.42. The van der Waals surface area contributed by atoms with Gasteiger partial charge in [0, 0.05) is 34.0 Å². The summed E-state index contributed by atoms with van der Waals surface area (Å²) in [4.78, 5) is 17.4. The van der Waals surface area contributed by atoms with Gasteiger partial charge in [0.05, 0.1) is 5.71 Å². The zero-order chi connectivity index (χ0) is 22.8. The van der Waals surface area contributed by atoms with E-state index in [1.807, 2.05) is 6.26 Å². The Hall–Kier alpha value is -1.70. The zero-order valence-corrected chi connectivity index (χ0v) is 19.2. The van der Waals surface area contributed by atoms with Gasteiger partial charge in [-0.3, -0.25) is 4.79 Å². The highest BCUT2D eigenvalue weighted by atomic mass is 35.5.